The van der Waals surface area contributed by atoms with Crippen molar-refractivity contribution < 1.29 is 10.2 Å². The van der Waals surface area contributed by atoms with Gasteiger partial charge in [0.25, 0.3) is 0 Å². The monoisotopic (exact) mass is 264 g/mol. The van der Waals surface area contributed by atoms with Crippen LogP contribution in [-0.2, 0) is 0 Å². The molecule has 0 aliphatic rings. The maximum absolute atomic E-state index is 9.34. The molecule has 0 bridgehead atoms. The highest BCUT2D eigenvalue weighted by Gasteiger charge is 2.26. The van der Waals surface area contributed by atoms with Crippen molar-refractivity contribution in [2.45, 2.75) is 12.8 Å². The Kier molecular flexibility index (Phi) is 5.94. The fraction of sp³-hybridized carbons (Fsp3) is 0.333. The van der Waals surface area contributed by atoms with Gasteiger partial charge < -0.3 is 10.2 Å². The molecular weight excluding hydrogens is 248 g/mol. The standard InChI is InChI=1S/C15H17ClO2/c1-2-9-15(11-17,12-18)10-5-7-13-6-3-4-8-14(13)16/h1,3-8,17-18H,9-12H2. The molecule has 2 nitrogen and oxygen atoms in total. The van der Waals surface area contributed by atoms with Crippen LogP contribution < -0.4 is 0 Å². The minimum Gasteiger partial charge on any atom is -0.396 e. The van der Waals surface area contributed by atoms with Crippen molar-refractivity contribution in [3.05, 3.63) is 40.9 Å². The van der Waals surface area contributed by atoms with Crippen LogP contribution in [0, 0.1) is 17.8 Å². The second-order valence-electron chi connectivity index (χ2n) is 4.33. The van der Waals surface area contributed by atoms with Crippen molar-refractivity contribution in [2.24, 2.45) is 5.41 Å². The van der Waals surface area contributed by atoms with Crippen molar-refractivity contribution in [3.63, 3.8) is 0 Å². The lowest BCUT2D eigenvalue weighted by atomic mass is 9.83. The van der Waals surface area contributed by atoms with Crippen LogP contribution in [0.4, 0.5) is 0 Å². The van der Waals surface area contributed by atoms with Crippen LogP contribution in [0.5, 0.6) is 0 Å². The van der Waals surface area contributed by atoms with E-state index in [2.05, 4.69) is 5.92 Å². The minimum absolute atomic E-state index is 0.138. The van der Waals surface area contributed by atoms with E-state index in [1.54, 1.807) is 0 Å². The smallest absolute Gasteiger partial charge is 0.0521 e. The second kappa shape index (κ2) is 7.23. The Hall–Kier alpha value is -1.27. The van der Waals surface area contributed by atoms with Crippen LogP contribution in [-0.4, -0.2) is 23.4 Å². The first-order valence-electron chi connectivity index (χ1n) is 5.74. The van der Waals surface area contributed by atoms with E-state index < -0.39 is 5.41 Å². The number of aliphatic hydroxyl groups is 2. The summed E-state index contributed by atoms with van der Waals surface area (Å²) in [6.45, 7) is -0.277. The quantitative estimate of drug-likeness (QED) is 0.776. The van der Waals surface area contributed by atoms with E-state index in [1.807, 2.05) is 36.4 Å². The Morgan fingerprint density at radius 1 is 1.28 bits per heavy atom. The molecule has 0 amide bonds. The summed E-state index contributed by atoms with van der Waals surface area (Å²) in [5.74, 6) is 2.49. The molecule has 2 N–H and O–H groups in total. The molecule has 0 heterocycles. The molecule has 0 saturated heterocycles. The predicted molar refractivity (Wildman–Crippen MR) is 75.2 cm³/mol. The number of aliphatic hydroxyl groups excluding tert-OH is 2. The number of hydrogen-bond donors (Lipinski definition) is 2. The number of allylic oxidation sites excluding steroid dienone is 1. The average Bonchev–Trinajstić information content (AvgIpc) is 2.40. The zero-order valence-electron chi connectivity index (χ0n) is 10.1. The van der Waals surface area contributed by atoms with Gasteiger partial charge in [-0.1, -0.05) is 42.0 Å². The van der Waals surface area contributed by atoms with Crippen LogP contribution in [0.3, 0.4) is 0 Å². The molecule has 0 aromatic heterocycles. The van der Waals surface area contributed by atoms with Gasteiger partial charge in [0.15, 0.2) is 0 Å². The highest BCUT2D eigenvalue weighted by molar-refractivity contribution is 6.32. The lowest BCUT2D eigenvalue weighted by Gasteiger charge is -2.25. The lowest BCUT2D eigenvalue weighted by molar-refractivity contribution is 0.0612. The van der Waals surface area contributed by atoms with Gasteiger partial charge in [0.2, 0.25) is 0 Å². The third-order valence-corrected chi connectivity index (χ3v) is 3.25. The Labute approximate surface area is 113 Å². The van der Waals surface area contributed by atoms with Gasteiger partial charge in [-0.05, 0) is 18.1 Å². The molecule has 0 atom stereocenters. The Morgan fingerprint density at radius 3 is 2.50 bits per heavy atom. The van der Waals surface area contributed by atoms with Crippen LogP contribution in [0.25, 0.3) is 6.08 Å². The van der Waals surface area contributed by atoms with E-state index >= 15 is 0 Å². The van der Waals surface area contributed by atoms with Gasteiger partial charge >= 0.3 is 0 Å². The molecule has 0 radical (unpaired) electrons. The number of terminal acetylenes is 1. The summed E-state index contributed by atoms with van der Waals surface area (Å²) in [4.78, 5) is 0. The first-order valence-corrected chi connectivity index (χ1v) is 6.11. The molecule has 0 fully saturated rings. The first kappa shape index (κ1) is 14.8. The maximum atomic E-state index is 9.34. The third kappa shape index (κ3) is 3.89. The van der Waals surface area contributed by atoms with Gasteiger partial charge in [-0.3, -0.25) is 0 Å². The molecule has 0 saturated carbocycles. The largest absolute Gasteiger partial charge is 0.396 e. The van der Waals surface area contributed by atoms with E-state index in [0.717, 1.165) is 5.56 Å². The molecule has 0 spiro atoms. The SMILES string of the molecule is C#CCC(CO)(CO)CC=Cc1ccccc1Cl. The maximum Gasteiger partial charge on any atom is 0.0521 e. The molecule has 1 aromatic rings. The fourth-order valence-corrected chi connectivity index (χ4v) is 1.82. The van der Waals surface area contributed by atoms with Crippen molar-refractivity contribution >= 4 is 17.7 Å². The number of rotatable bonds is 6. The Bertz CT molecular complexity index is 442. The van der Waals surface area contributed by atoms with E-state index in [0.29, 0.717) is 17.9 Å². The average molecular weight is 265 g/mol. The third-order valence-electron chi connectivity index (χ3n) is 2.90. The molecule has 18 heavy (non-hydrogen) atoms. The van der Waals surface area contributed by atoms with Crippen LogP contribution >= 0.6 is 11.6 Å². The summed E-state index contributed by atoms with van der Waals surface area (Å²) in [5.41, 5.74) is 0.261. The molecule has 0 aliphatic heterocycles. The van der Waals surface area contributed by atoms with Gasteiger partial charge in [0.1, 0.15) is 0 Å². The molecule has 0 unspecified atom stereocenters. The molecule has 1 aromatic carbocycles. The summed E-state index contributed by atoms with van der Waals surface area (Å²) in [6, 6.07) is 7.48. The van der Waals surface area contributed by atoms with Crippen molar-refractivity contribution in [3.8, 4) is 12.3 Å². The molecule has 3 heteroatoms. The van der Waals surface area contributed by atoms with E-state index in [9.17, 15) is 10.2 Å². The van der Waals surface area contributed by atoms with Gasteiger partial charge in [-0.15, -0.1) is 12.3 Å². The van der Waals surface area contributed by atoms with Gasteiger partial charge in [-0.2, -0.15) is 0 Å². The summed E-state index contributed by atoms with van der Waals surface area (Å²) < 4.78 is 0. The molecule has 96 valence electrons. The number of benzene rings is 1. The van der Waals surface area contributed by atoms with Crippen LogP contribution in [0.2, 0.25) is 5.02 Å². The van der Waals surface area contributed by atoms with Crippen molar-refractivity contribution in [1.29, 1.82) is 0 Å². The Morgan fingerprint density at radius 2 is 1.94 bits per heavy atom. The summed E-state index contributed by atoms with van der Waals surface area (Å²) in [6.07, 6.45) is 9.86. The summed E-state index contributed by atoms with van der Waals surface area (Å²) >= 11 is 6.02. The van der Waals surface area contributed by atoms with Crippen LogP contribution in [0.15, 0.2) is 30.3 Å². The lowest BCUT2D eigenvalue weighted by Crippen LogP contribution is -2.28. The molecule has 0 aliphatic carbocycles. The van der Waals surface area contributed by atoms with E-state index in [-0.39, 0.29) is 13.2 Å². The van der Waals surface area contributed by atoms with Gasteiger partial charge in [-0.25, -0.2) is 0 Å². The first-order chi connectivity index (χ1) is 8.67. The highest BCUT2D eigenvalue weighted by Crippen LogP contribution is 2.26. The normalized spacial score (nSPS) is 11.7. The van der Waals surface area contributed by atoms with Crippen molar-refractivity contribution in [2.75, 3.05) is 13.2 Å². The zero-order valence-corrected chi connectivity index (χ0v) is 10.9. The topological polar surface area (TPSA) is 40.5 Å². The number of hydrogen-bond acceptors (Lipinski definition) is 2. The zero-order chi connectivity index (χ0) is 13.4. The highest BCUT2D eigenvalue weighted by atomic mass is 35.5. The van der Waals surface area contributed by atoms with E-state index in [4.69, 9.17) is 18.0 Å². The van der Waals surface area contributed by atoms with E-state index in [1.165, 1.54) is 0 Å². The minimum atomic E-state index is -0.646. The predicted octanol–water partition coefficient (Wildman–Crippen LogP) is 2.74. The Balaban J connectivity index is 2.74. The summed E-state index contributed by atoms with van der Waals surface area (Å²) in [5, 5.41) is 19.4. The molecule has 1 rings (SSSR count). The molecular formula is C15H17ClO2. The summed E-state index contributed by atoms with van der Waals surface area (Å²) in [7, 11) is 0. The van der Waals surface area contributed by atoms with Gasteiger partial charge in [0, 0.05) is 16.9 Å². The number of halogens is 1. The van der Waals surface area contributed by atoms with Crippen LogP contribution in [0.1, 0.15) is 18.4 Å². The fourth-order valence-electron chi connectivity index (χ4n) is 1.63. The van der Waals surface area contributed by atoms with Crippen molar-refractivity contribution in [1.82, 2.24) is 0 Å². The second-order valence-corrected chi connectivity index (χ2v) is 4.73. The van der Waals surface area contributed by atoms with Gasteiger partial charge in [0.05, 0.1) is 13.2 Å².